The highest BCUT2D eigenvalue weighted by Gasteiger charge is 2.30. The fourth-order valence-corrected chi connectivity index (χ4v) is 5.73. The van der Waals surface area contributed by atoms with Crippen LogP contribution in [0.25, 0.3) is 5.69 Å². The first-order valence-corrected chi connectivity index (χ1v) is 12.1. The molecule has 0 saturated carbocycles. The molecule has 3 unspecified atom stereocenters. The Balaban J connectivity index is 1.54. The zero-order valence-corrected chi connectivity index (χ0v) is 19.1. The van der Waals surface area contributed by atoms with Crippen LogP contribution in [0, 0.1) is 11.8 Å². The van der Waals surface area contributed by atoms with Crippen LogP contribution in [0.15, 0.2) is 35.5 Å². The normalized spacial score (nSPS) is 23.6. The third-order valence-corrected chi connectivity index (χ3v) is 7.12. The van der Waals surface area contributed by atoms with E-state index in [4.69, 9.17) is 0 Å². The van der Waals surface area contributed by atoms with Gasteiger partial charge in [0.05, 0.1) is 11.8 Å². The first-order chi connectivity index (χ1) is 14.5. The molecule has 2 aliphatic heterocycles. The highest BCUT2D eigenvalue weighted by Crippen LogP contribution is 2.29. The van der Waals surface area contributed by atoms with E-state index in [1.54, 1.807) is 0 Å². The quantitative estimate of drug-likeness (QED) is 0.656. The molecule has 3 heterocycles. The summed E-state index contributed by atoms with van der Waals surface area (Å²) in [5.41, 5.74) is 1.05. The molecule has 0 bridgehead atoms. The molecule has 0 spiro atoms. The molecule has 0 radical (unpaired) electrons. The predicted octanol–water partition coefficient (Wildman–Crippen LogP) is 3.85. The molecular weight excluding hydrogens is 394 g/mol. The molecule has 7 heteroatoms. The number of amides is 1. The Labute approximate surface area is 184 Å². The molecule has 1 amide bonds. The van der Waals surface area contributed by atoms with Crippen LogP contribution in [0.4, 0.5) is 0 Å². The molecule has 3 atom stereocenters. The first kappa shape index (κ1) is 21.4. The van der Waals surface area contributed by atoms with Gasteiger partial charge in [0, 0.05) is 18.8 Å². The Morgan fingerprint density at radius 1 is 1.10 bits per heavy atom. The number of rotatable bonds is 6. The highest BCUT2D eigenvalue weighted by molar-refractivity contribution is 8.00. The summed E-state index contributed by atoms with van der Waals surface area (Å²) in [6.45, 7) is 11.2. The lowest BCUT2D eigenvalue weighted by atomic mass is 9.92. The summed E-state index contributed by atoms with van der Waals surface area (Å²) >= 11 is 1.53. The SMILES string of the molecule is CC1CC(C)CN(C(=O)C(C)Sc2nnc(CN3CCCC3)n2-c2ccccc2)C1. The van der Waals surface area contributed by atoms with Gasteiger partial charge in [-0.3, -0.25) is 14.3 Å². The molecule has 2 aliphatic rings. The van der Waals surface area contributed by atoms with Crippen molar-refractivity contribution in [3.8, 4) is 5.69 Å². The third kappa shape index (κ3) is 4.89. The van der Waals surface area contributed by atoms with Gasteiger partial charge in [0.1, 0.15) is 0 Å². The van der Waals surface area contributed by atoms with Crippen molar-refractivity contribution < 1.29 is 4.79 Å². The lowest BCUT2D eigenvalue weighted by Gasteiger charge is -2.36. The summed E-state index contributed by atoms with van der Waals surface area (Å²) in [6.07, 6.45) is 3.70. The van der Waals surface area contributed by atoms with Gasteiger partial charge in [-0.1, -0.05) is 43.8 Å². The number of piperidine rings is 1. The second kappa shape index (κ2) is 9.52. The Kier molecular flexibility index (Phi) is 6.78. The largest absolute Gasteiger partial charge is 0.341 e. The second-order valence-electron chi connectivity index (χ2n) is 9.00. The number of thioether (sulfide) groups is 1. The Bertz CT molecular complexity index is 839. The molecule has 0 N–H and O–H groups in total. The number of para-hydroxylation sites is 1. The summed E-state index contributed by atoms with van der Waals surface area (Å²) in [4.78, 5) is 17.6. The number of benzene rings is 1. The lowest BCUT2D eigenvalue weighted by molar-refractivity contribution is -0.132. The number of likely N-dealkylation sites (tertiary alicyclic amines) is 2. The van der Waals surface area contributed by atoms with E-state index >= 15 is 0 Å². The molecule has 162 valence electrons. The van der Waals surface area contributed by atoms with Gasteiger partial charge in [0.15, 0.2) is 11.0 Å². The smallest absolute Gasteiger partial charge is 0.235 e. The fraction of sp³-hybridized carbons (Fsp3) is 0.609. The summed E-state index contributed by atoms with van der Waals surface area (Å²) in [6, 6.07) is 10.3. The number of carbonyl (C=O) groups is 1. The van der Waals surface area contributed by atoms with Crippen molar-refractivity contribution in [1.82, 2.24) is 24.6 Å². The number of carbonyl (C=O) groups excluding carboxylic acids is 1. The van der Waals surface area contributed by atoms with E-state index in [0.717, 1.165) is 49.4 Å². The van der Waals surface area contributed by atoms with Crippen molar-refractivity contribution >= 4 is 17.7 Å². The van der Waals surface area contributed by atoms with Crippen molar-refractivity contribution in [3.63, 3.8) is 0 Å². The number of aromatic nitrogens is 3. The van der Waals surface area contributed by atoms with Gasteiger partial charge in [0.25, 0.3) is 0 Å². The van der Waals surface area contributed by atoms with Crippen molar-refractivity contribution in [1.29, 1.82) is 0 Å². The average molecular weight is 428 g/mol. The van der Waals surface area contributed by atoms with Gasteiger partial charge in [-0.2, -0.15) is 0 Å². The van der Waals surface area contributed by atoms with Crippen molar-refractivity contribution in [2.24, 2.45) is 11.8 Å². The van der Waals surface area contributed by atoms with Crippen LogP contribution in [-0.2, 0) is 11.3 Å². The summed E-state index contributed by atoms with van der Waals surface area (Å²) in [7, 11) is 0. The summed E-state index contributed by atoms with van der Waals surface area (Å²) in [5, 5.41) is 9.66. The van der Waals surface area contributed by atoms with Crippen LogP contribution in [0.1, 0.15) is 45.9 Å². The zero-order valence-electron chi connectivity index (χ0n) is 18.3. The van der Waals surface area contributed by atoms with Crippen LogP contribution in [-0.4, -0.2) is 61.9 Å². The molecule has 2 saturated heterocycles. The molecule has 30 heavy (non-hydrogen) atoms. The van der Waals surface area contributed by atoms with Crippen molar-refractivity contribution in [2.45, 2.75) is 57.0 Å². The highest BCUT2D eigenvalue weighted by atomic mass is 32.2. The Morgan fingerprint density at radius 3 is 2.43 bits per heavy atom. The van der Waals surface area contributed by atoms with E-state index in [1.165, 1.54) is 31.0 Å². The van der Waals surface area contributed by atoms with E-state index in [-0.39, 0.29) is 11.2 Å². The third-order valence-electron chi connectivity index (χ3n) is 6.09. The van der Waals surface area contributed by atoms with Crippen molar-refractivity contribution in [3.05, 3.63) is 36.2 Å². The Hall–Kier alpha value is -1.86. The topological polar surface area (TPSA) is 54.3 Å². The standard InChI is InChI=1S/C23H33N5OS/c1-17-13-18(2)15-27(14-17)22(29)19(3)30-23-25-24-21(16-26-11-7-8-12-26)28(23)20-9-5-4-6-10-20/h4-6,9-10,17-19H,7-8,11-16H2,1-3H3. The van der Waals surface area contributed by atoms with Gasteiger partial charge in [0.2, 0.25) is 5.91 Å². The van der Waals surface area contributed by atoms with Gasteiger partial charge >= 0.3 is 0 Å². The maximum atomic E-state index is 13.2. The number of hydrogen-bond acceptors (Lipinski definition) is 5. The molecular formula is C23H33N5OS. The molecule has 1 aromatic heterocycles. The number of nitrogens with zero attached hydrogens (tertiary/aromatic N) is 5. The van der Waals surface area contributed by atoms with E-state index in [1.807, 2.05) is 30.0 Å². The summed E-state index contributed by atoms with van der Waals surface area (Å²) < 4.78 is 2.13. The molecule has 4 rings (SSSR count). The Morgan fingerprint density at radius 2 is 1.77 bits per heavy atom. The van der Waals surface area contributed by atoms with Gasteiger partial charge < -0.3 is 4.90 Å². The molecule has 2 aromatic rings. The number of hydrogen-bond donors (Lipinski definition) is 0. The van der Waals surface area contributed by atoms with E-state index in [2.05, 4.69) is 45.6 Å². The molecule has 6 nitrogen and oxygen atoms in total. The van der Waals surface area contributed by atoms with Gasteiger partial charge in [-0.15, -0.1) is 10.2 Å². The lowest BCUT2D eigenvalue weighted by Crippen LogP contribution is -2.45. The first-order valence-electron chi connectivity index (χ1n) is 11.2. The van der Waals surface area contributed by atoms with Crippen molar-refractivity contribution in [2.75, 3.05) is 26.2 Å². The zero-order chi connectivity index (χ0) is 21.1. The second-order valence-corrected chi connectivity index (χ2v) is 10.3. The van der Waals surface area contributed by atoms with Crippen LogP contribution in [0.2, 0.25) is 0 Å². The van der Waals surface area contributed by atoms with Gasteiger partial charge in [-0.05, 0) is 63.2 Å². The molecule has 2 fully saturated rings. The predicted molar refractivity (Wildman–Crippen MR) is 121 cm³/mol. The summed E-state index contributed by atoms with van der Waals surface area (Å²) in [5.74, 6) is 2.29. The fourth-order valence-electron chi connectivity index (χ4n) is 4.76. The monoisotopic (exact) mass is 427 g/mol. The van der Waals surface area contributed by atoms with E-state index in [0.29, 0.717) is 11.8 Å². The van der Waals surface area contributed by atoms with Crippen LogP contribution in [0.3, 0.4) is 0 Å². The minimum Gasteiger partial charge on any atom is -0.341 e. The van der Waals surface area contributed by atoms with E-state index < -0.39 is 0 Å². The average Bonchev–Trinajstić information content (AvgIpc) is 3.38. The molecule has 1 aromatic carbocycles. The minimum absolute atomic E-state index is 0.186. The van der Waals surface area contributed by atoms with E-state index in [9.17, 15) is 4.79 Å². The minimum atomic E-state index is -0.186. The maximum Gasteiger partial charge on any atom is 0.235 e. The van der Waals surface area contributed by atoms with Crippen LogP contribution < -0.4 is 0 Å². The van der Waals surface area contributed by atoms with Crippen LogP contribution in [0.5, 0.6) is 0 Å². The van der Waals surface area contributed by atoms with Crippen LogP contribution >= 0.6 is 11.8 Å². The maximum absolute atomic E-state index is 13.2. The van der Waals surface area contributed by atoms with Gasteiger partial charge in [-0.25, -0.2) is 0 Å². The molecule has 0 aliphatic carbocycles.